The smallest absolute Gasteiger partial charge is 0.230 e. The van der Waals surface area contributed by atoms with Gasteiger partial charge in [-0.05, 0) is 58.2 Å². The highest BCUT2D eigenvalue weighted by Gasteiger charge is 2.50. The molecule has 0 aromatic heterocycles. The van der Waals surface area contributed by atoms with Gasteiger partial charge in [0.2, 0.25) is 11.8 Å². The molecule has 0 aliphatic carbocycles. The largest absolute Gasteiger partial charge is 0.392 e. The molecule has 0 saturated carbocycles. The summed E-state index contributed by atoms with van der Waals surface area (Å²) < 4.78 is 0. The van der Waals surface area contributed by atoms with Crippen LogP contribution in [-0.2, 0) is 9.59 Å². The standard InChI is InChI=1S/C19H33N3O3/c23-16-8-14-22(15-19(16)9-6-10-20-18(19)25)17(24)7-5-13-21-11-3-1-2-4-12-21/h16,23H,1-15H2,(H,20,25)/t16-,19+/m0/s1. The summed E-state index contributed by atoms with van der Waals surface area (Å²) in [6.07, 6.45) is 8.06. The lowest BCUT2D eigenvalue weighted by atomic mass is 9.71. The number of aliphatic hydroxyl groups is 1. The number of rotatable bonds is 4. The first-order valence-corrected chi connectivity index (χ1v) is 10.1. The van der Waals surface area contributed by atoms with Crippen LogP contribution in [0.1, 0.15) is 57.8 Å². The van der Waals surface area contributed by atoms with Crippen molar-refractivity contribution in [3.63, 3.8) is 0 Å². The molecule has 142 valence electrons. The Labute approximate surface area is 150 Å². The highest BCUT2D eigenvalue weighted by atomic mass is 16.3. The SMILES string of the molecule is O=C(CCCN1CCCCCC1)N1CC[C@H](O)[C@@]2(CCCNC2=O)C1. The highest BCUT2D eigenvalue weighted by Crippen LogP contribution is 2.37. The molecule has 3 aliphatic rings. The van der Waals surface area contributed by atoms with Gasteiger partial charge in [-0.15, -0.1) is 0 Å². The third-order valence-electron chi connectivity index (χ3n) is 6.24. The molecule has 3 rings (SSSR count). The first-order valence-electron chi connectivity index (χ1n) is 10.1. The maximum absolute atomic E-state index is 12.6. The van der Waals surface area contributed by atoms with E-state index in [1.54, 1.807) is 0 Å². The number of likely N-dealkylation sites (tertiary alicyclic amines) is 2. The zero-order valence-corrected chi connectivity index (χ0v) is 15.3. The molecule has 0 radical (unpaired) electrons. The zero-order chi connectivity index (χ0) is 17.7. The summed E-state index contributed by atoms with van der Waals surface area (Å²) in [4.78, 5) is 29.3. The quantitative estimate of drug-likeness (QED) is 0.796. The number of hydrogen-bond donors (Lipinski definition) is 2. The van der Waals surface area contributed by atoms with Gasteiger partial charge in [-0.1, -0.05) is 12.8 Å². The Kier molecular flexibility index (Phi) is 6.34. The number of amides is 2. The molecule has 0 bridgehead atoms. The molecule has 0 aromatic carbocycles. The van der Waals surface area contributed by atoms with E-state index in [4.69, 9.17) is 0 Å². The van der Waals surface area contributed by atoms with E-state index in [2.05, 4.69) is 10.2 Å². The molecular weight excluding hydrogens is 318 g/mol. The molecule has 0 unspecified atom stereocenters. The Hall–Kier alpha value is -1.14. The van der Waals surface area contributed by atoms with Crippen LogP contribution in [0.25, 0.3) is 0 Å². The topological polar surface area (TPSA) is 72.9 Å². The van der Waals surface area contributed by atoms with E-state index in [1.807, 2.05) is 4.90 Å². The van der Waals surface area contributed by atoms with Gasteiger partial charge in [0.25, 0.3) is 0 Å². The van der Waals surface area contributed by atoms with Crippen LogP contribution in [0.5, 0.6) is 0 Å². The molecule has 2 N–H and O–H groups in total. The van der Waals surface area contributed by atoms with Crippen molar-refractivity contribution >= 4 is 11.8 Å². The number of piperidine rings is 2. The van der Waals surface area contributed by atoms with Crippen LogP contribution >= 0.6 is 0 Å². The Balaban J connectivity index is 1.49. The fourth-order valence-corrected chi connectivity index (χ4v) is 4.63. The van der Waals surface area contributed by atoms with Gasteiger partial charge >= 0.3 is 0 Å². The Morgan fingerprint density at radius 1 is 1.16 bits per heavy atom. The predicted molar refractivity (Wildman–Crippen MR) is 96.0 cm³/mol. The molecule has 6 nitrogen and oxygen atoms in total. The maximum Gasteiger partial charge on any atom is 0.230 e. The van der Waals surface area contributed by atoms with Gasteiger partial charge in [-0.25, -0.2) is 0 Å². The van der Waals surface area contributed by atoms with Crippen LogP contribution in [0.4, 0.5) is 0 Å². The molecule has 0 aromatic rings. The second kappa shape index (κ2) is 8.49. The molecule has 3 heterocycles. The molecule has 2 atom stereocenters. The van der Waals surface area contributed by atoms with Crippen molar-refractivity contribution in [3.05, 3.63) is 0 Å². The maximum atomic E-state index is 12.6. The van der Waals surface area contributed by atoms with Gasteiger partial charge in [0.15, 0.2) is 0 Å². The molecule has 3 aliphatic heterocycles. The molecule has 3 fully saturated rings. The van der Waals surface area contributed by atoms with E-state index in [0.29, 0.717) is 38.9 Å². The lowest BCUT2D eigenvalue weighted by Crippen LogP contribution is -2.62. The number of nitrogens with one attached hydrogen (secondary N) is 1. The van der Waals surface area contributed by atoms with Crippen LogP contribution in [0, 0.1) is 5.41 Å². The Morgan fingerprint density at radius 2 is 1.92 bits per heavy atom. The van der Waals surface area contributed by atoms with Crippen LogP contribution in [0.2, 0.25) is 0 Å². The van der Waals surface area contributed by atoms with Crippen LogP contribution < -0.4 is 5.32 Å². The molecule has 1 spiro atoms. The summed E-state index contributed by atoms with van der Waals surface area (Å²) in [5.41, 5.74) is -0.781. The summed E-state index contributed by atoms with van der Waals surface area (Å²) in [5.74, 6) is 0.0628. The minimum absolute atomic E-state index is 0.0756. The molecule has 3 saturated heterocycles. The first kappa shape index (κ1) is 18.6. The van der Waals surface area contributed by atoms with E-state index in [1.165, 1.54) is 25.7 Å². The average molecular weight is 351 g/mol. The first-order chi connectivity index (χ1) is 12.1. The summed E-state index contributed by atoms with van der Waals surface area (Å²) in [7, 11) is 0. The Morgan fingerprint density at radius 3 is 2.64 bits per heavy atom. The zero-order valence-electron chi connectivity index (χ0n) is 15.3. The van der Waals surface area contributed by atoms with Crippen molar-refractivity contribution in [2.45, 2.75) is 63.9 Å². The van der Waals surface area contributed by atoms with Crippen LogP contribution in [0.15, 0.2) is 0 Å². The lowest BCUT2D eigenvalue weighted by molar-refractivity contribution is -0.154. The third kappa shape index (κ3) is 4.34. The number of nitrogens with zero attached hydrogens (tertiary/aromatic N) is 2. The second-order valence-electron chi connectivity index (χ2n) is 7.99. The summed E-state index contributed by atoms with van der Waals surface area (Å²) >= 11 is 0. The second-order valence-corrected chi connectivity index (χ2v) is 7.99. The summed E-state index contributed by atoms with van der Waals surface area (Å²) in [5, 5.41) is 13.3. The summed E-state index contributed by atoms with van der Waals surface area (Å²) in [6, 6.07) is 0. The van der Waals surface area contributed by atoms with Crippen molar-refractivity contribution in [3.8, 4) is 0 Å². The van der Waals surface area contributed by atoms with Crippen molar-refractivity contribution in [1.29, 1.82) is 0 Å². The fraction of sp³-hybridized carbons (Fsp3) is 0.895. The van der Waals surface area contributed by atoms with Gasteiger partial charge in [-0.3, -0.25) is 9.59 Å². The predicted octanol–water partition coefficient (Wildman–Crippen LogP) is 1.13. The molecule has 6 heteroatoms. The van der Waals surface area contributed by atoms with E-state index in [9.17, 15) is 14.7 Å². The van der Waals surface area contributed by atoms with Crippen molar-refractivity contribution in [2.24, 2.45) is 5.41 Å². The Bertz CT molecular complexity index is 477. The fourth-order valence-electron chi connectivity index (χ4n) is 4.63. The molecule has 2 amide bonds. The highest BCUT2D eigenvalue weighted by molar-refractivity contribution is 5.86. The van der Waals surface area contributed by atoms with Gasteiger partial charge in [0.1, 0.15) is 0 Å². The number of hydrogen-bond acceptors (Lipinski definition) is 4. The van der Waals surface area contributed by atoms with Gasteiger partial charge < -0.3 is 20.2 Å². The van der Waals surface area contributed by atoms with Crippen LogP contribution in [-0.4, -0.2) is 72.1 Å². The van der Waals surface area contributed by atoms with E-state index < -0.39 is 11.5 Å². The van der Waals surface area contributed by atoms with Gasteiger partial charge in [0.05, 0.1) is 11.5 Å². The molecular formula is C19H33N3O3. The number of aliphatic hydroxyl groups excluding tert-OH is 1. The van der Waals surface area contributed by atoms with E-state index in [0.717, 1.165) is 32.5 Å². The van der Waals surface area contributed by atoms with Crippen LogP contribution in [0.3, 0.4) is 0 Å². The van der Waals surface area contributed by atoms with E-state index >= 15 is 0 Å². The van der Waals surface area contributed by atoms with Crippen molar-refractivity contribution in [1.82, 2.24) is 15.1 Å². The minimum atomic E-state index is -0.781. The number of carbonyl (C=O) groups excluding carboxylic acids is 2. The van der Waals surface area contributed by atoms with Crippen molar-refractivity contribution < 1.29 is 14.7 Å². The van der Waals surface area contributed by atoms with E-state index in [-0.39, 0.29) is 11.8 Å². The van der Waals surface area contributed by atoms with Crippen molar-refractivity contribution in [2.75, 3.05) is 39.3 Å². The monoisotopic (exact) mass is 351 g/mol. The third-order valence-corrected chi connectivity index (χ3v) is 6.24. The normalized spacial score (nSPS) is 31.6. The van der Waals surface area contributed by atoms with Gasteiger partial charge in [-0.2, -0.15) is 0 Å². The average Bonchev–Trinajstić information content (AvgIpc) is 2.88. The summed E-state index contributed by atoms with van der Waals surface area (Å²) in [6.45, 7) is 4.94. The molecule has 25 heavy (non-hydrogen) atoms. The van der Waals surface area contributed by atoms with Gasteiger partial charge in [0, 0.05) is 26.1 Å². The lowest BCUT2D eigenvalue weighted by Gasteiger charge is -2.46. The number of carbonyl (C=O) groups is 2. The minimum Gasteiger partial charge on any atom is -0.392 e.